The molecule has 5 aliphatic rings. The summed E-state index contributed by atoms with van der Waals surface area (Å²) in [5.41, 5.74) is 2.45. The Morgan fingerprint density at radius 2 is 1.50 bits per heavy atom. The van der Waals surface area contributed by atoms with E-state index in [1.165, 1.54) is 82.6 Å². The maximum Gasteiger partial charge on any atom is 0.306 e. The minimum atomic E-state index is -0.129. The fraction of sp³-hybridized carbons (Fsp3) is 0.900. The Balaban J connectivity index is 1.32. The second-order valence-corrected chi connectivity index (χ2v) is 17.9. The van der Waals surface area contributed by atoms with Crippen molar-refractivity contribution in [2.75, 3.05) is 6.61 Å². The van der Waals surface area contributed by atoms with Gasteiger partial charge in [0.05, 0.1) is 0 Å². The summed E-state index contributed by atoms with van der Waals surface area (Å²) in [6.07, 6.45) is 18.8. The van der Waals surface area contributed by atoms with Crippen molar-refractivity contribution in [2.24, 2.45) is 56.7 Å². The van der Waals surface area contributed by atoms with Gasteiger partial charge < -0.3 is 9.47 Å². The minimum absolute atomic E-state index is 0.00409. The fourth-order valence-electron chi connectivity index (χ4n) is 13.0. The van der Waals surface area contributed by atoms with Gasteiger partial charge in [0.15, 0.2) is 0 Å². The quantitative estimate of drug-likeness (QED) is 0.140. The lowest BCUT2D eigenvalue weighted by molar-refractivity contribution is -0.249. The van der Waals surface area contributed by atoms with E-state index < -0.39 is 0 Å². The summed E-state index contributed by atoms with van der Waals surface area (Å²) in [4.78, 5) is 24.6. The van der Waals surface area contributed by atoms with E-state index in [0.717, 1.165) is 19.3 Å². The van der Waals surface area contributed by atoms with Gasteiger partial charge in [-0.25, -0.2) is 0 Å². The van der Waals surface area contributed by atoms with Crippen LogP contribution >= 0.6 is 0 Å². The first-order chi connectivity index (χ1) is 20.6. The molecule has 0 aromatic rings. The predicted octanol–water partition coefficient (Wildman–Crippen LogP) is 10.5. The van der Waals surface area contributed by atoms with Gasteiger partial charge in [-0.3, -0.25) is 9.59 Å². The first kappa shape index (κ1) is 34.0. The number of hydrogen-bond acceptors (Lipinski definition) is 4. The van der Waals surface area contributed by atoms with E-state index in [1.54, 1.807) is 6.92 Å². The molecule has 0 N–H and O–H groups in total. The van der Waals surface area contributed by atoms with Gasteiger partial charge in [0.2, 0.25) is 0 Å². The summed E-state index contributed by atoms with van der Waals surface area (Å²) in [6, 6.07) is 0. The average molecular weight is 611 g/mol. The van der Waals surface area contributed by atoms with Crippen LogP contribution < -0.4 is 0 Å². The first-order valence-corrected chi connectivity index (χ1v) is 18.6. The highest BCUT2D eigenvalue weighted by atomic mass is 16.5. The Morgan fingerprint density at radius 1 is 0.773 bits per heavy atom. The van der Waals surface area contributed by atoms with Gasteiger partial charge in [-0.2, -0.15) is 0 Å². The molecule has 10 atom stereocenters. The number of ether oxygens (including phenoxy) is 2. The van der Waals surface area contributed by atoms with Crippen molar-refractivity contribution in [3.8, 4) is 0 Å². The number of unbranched alkanes of at least 4 members (excludes halogenated alkanes) is 4. The van der Waals surface area contributed by atoms with Crippen LogP contribution in [0.5, 0.6) is 0 Å². The van der Waals surface area contributed by atoms with E-state index >= 15 is 0 Å². The number of hydrogen-bond donors (Lipinski definition) is 0. The van der Waals surface area contributed by atoms with Crippen molar-refractivity contribution in [3.63, 3.8) is 0 Å². The van der Waals surface area contributed by atoms with Gasteiger partial charge >= 0.3 is 11.9 Å². The normalized spacial score (nSPS) is 44.0. The topological polar surface area (TPSA) is 52.6 Å². The molecule has 5 aliphatic carbocycles. The number of rotatable bonds is 10. The molecule has 4 nitrogen and oxygen atoms in total. The molecule has 0 bridgehead atoms. The molecule has 5 rings (SSSR count). The van der Waals surface area contributed by atoms with Crippen LogP contribution in [0.1, 0.15) is 158 Å². The van der Waals surface area contributed by atoms with Crippen molar-refractivity contribution >= 4 is 11.9 Å². The number of carbonyl (C=O) groups excluding carboxylic acids is 2. The zero-order valence-electron chi connectivity index (χ0n) is 29.8. The molecular formula is C40H66O4. The van der Waals surface area contributed by atoms with Crippen molar-refractivity contribution in [1.29, 1.82) is 0 Å². The van der Waals surface area contributed by atoms with Gasteiger partial charge in [-0.1, -0.05) is 80.7 Å². The van der Waals surface area contributed by atoms with E-state index in [-0.39, 0.29) is 28.9 Å². The van der Waals surface area contributed by atoms with Crippen LogP contribution in [0.2, 0.25) is 0 Å². The third-order valence-corrected chi connectivity index (χ3v) is 15.5. The van der Waals surface area contributed by atoms with E-state index in [1.807, 2.05) is 0 Å². The van der Waals surface area contributed by atoms with Gasteiger partial charge in [0, 0.05) is 18.8 Å². The van der Waals surface area contributed by atoms with Crippen LogP contribution in [0.4, 0.5) is 0 Å². The highest BCUT2D eigenvalue weighted by molar-refractivity contribution is 5.69. The monoisotopic (exact) mass is 610 g/mol. The largest absolute Gasteiger partial charge is 0.462 e. The molecule has 5 saturated carbocycles. The summed E-state index contributed by atoms with van der Waals surface area (Å²) in [6.45, 7) is 24.2. The van der Waals surface area contributed by atoms with Crippen molar-refractivity contribution < 1.29 is 19.1 Å². The van der Waals surface area contributed by atoms with Gasteiger partial charge in [-0.15, -0.1) is 0 Å². The standard InChI is InChI=1S/C40H66O4/c1-10-11-12-13-14-15-34(42)43-26-27(2)29-18-21-37(6)24-25-39(8)30(35(29)37)16-17-32-38(7)22-20-33(44-28(3)41)36(4,5)31(38)19-23-40(32,39)9/h29-33,35H,2,10-26H2,1,3-9H3/t29-,30+,31-,32+,33-,35+,37+,38-,39+,40+/m0/s1. The van der Waals surface area contributed by atoms with Gasteiger partial charge in [0.25, 0.3) is 0 Å². The fourth-order valence-corrected chi connectivity index (χ4v) is 13.0. The van der Waals surface area contributed by atoms with Crippen LogP contribution in [-0.4, -0.2) is 24.6 Å². The third-order valence-electron chi connectivity index (χ3n) is 15.5. The van der Waals surface area contributed by atoms with E-state index in [4.69, 9.17) is 9.47 Å². The summed E-state index contributed by atoms with van der Waals surface area (Å²) in [7, 11) is 0. The second kappa shape index (κ2) is 12.4. The van der Waals surface area contributed by atoms with E-state index in [9.17, 15) is 9.59 Å². The molecule has 0 amide bonds. The molecule has 0 aromatic heterocycles. The Bertz CT molecular complexity index is 1090. The molecule has 5 fully saturated rings. The Hall–Kier alpha value is -1.32. The smallest absolute Gasteiger partial charge is 0.306 e. The molecule has 0 aromatic carbocycles. The highest BCUT2D eigenvalue weighted by Crippen LogP contribution is 2.77. The SMILES string of the molecule is C=C(COC(=O)CCCCCCC)[C@@H]1CC[C@]2(C)CC[C@]3(C)[C@H](CC[C@@H]4[C@@]5(C)CC[C@H](OC(C)=O)C(C)(C)[C@@H]5CC[C@]43C)[C@@H]12. The Morgan fingerprint density at radius 3 is 2.20 bits per heavy atom. The zero-order valence-corrected chi connectivity index (χ0v) is 29.8. The second-order valence-electron chi connectivity index (χ2n) is 17.9. The number of esters is 2. The molecular weight excluding hydrogens is 544 g/mol. The maximum atomic E-state index is 12.6. The highest BCUT2D eigenvalue weighted by Gasteiger charge is 2.70. The van der Waals surface area contributed by atoms with Crippen molar-refractivity contribution in [2.45, 2.75) is 164 Å². The third kappa shape index (κ3) is 5.52. The van der Waals surface area contributed by atoms with Gasteiger partial charge in [-0.05, 0) is 127 Å². The summed E-state index contributed by atoms with van der Waals surface area (Å²) in [5, 5.41) is 0. The number of carbonyl (C=O) groups is 2. The Kier molecular flexibility index (Phi) is 9.56. The minimum Gasteiger partial charge on any atom is -0.462 e. The number of fused-ring (bicyclic) bond motifs is 7. The maximum absolute atomic E-state index is 12.6. The van der Waals surface area contributed by atoms with Crippen LogP contribution in [0, 0.1) is 56.7 Å². The molecule has 0 heterocycles. The molecule has 0 unspecified atom stereocenters. The summed E-state index contributed by atoms with van der Waals surface area (Å²) < 4.78 is 11.8. The molecule has 0 saturated heterocycles. The Labute approximate surface area is 270 Å². The summed E-state index contributed by atoms with van der Waals surface area (Å²) >= 11 is 0. The van der Waals surface area contributed by atoms with E-state index in [0.29, 0.717) is 58.9 Å². The molecule has 4 heteroatoms. The van der Waals surface area contributed by atoms with Crippen molar-refractivity contribution in [3.05, 3.63) is 12.2 Å². The molecule has 250 valence electrons. The lowest BCUT2D eigenvalue weighted by Crippen LogP contribution is -2.66. The van der Waals surface area contributed by atoms with Crippen LogP contribution in [0.25, 0.3) is 0 Å². The zero-order chi connectivity index (χ0) is 32.1. The summed E-state index contributed by atoms with van der Waals surface area (Å²) in [5.74, 6) is 2.93. The lowest BCUT2D eigenvalue weighted by Gasteiger charge is -2.73. The lowest BCUT2D eigenvalue weighted by atomic mass is 9.32. The molecule has 0 spiro atoms. The average Bonchev–Trinajstić information content (AvgIpc) is 3.31. The van der Waals surface area contributed by atoms with Crippen LogP contribution in [0.15, 0.2) is 12.2 Å². The molecule has 44 heavy (non-hydrogen) atoms. The van der Waals surface area contributed by atoms with Crippen LogP contribution in [0.3, 0.4) is 0 Å². The molecule has 0 aliphatic heterocycles. The van der Waals surface area contributed by atoms with Crippen LogP contribution in [-0.2, 0) is 19.1 Å². The molecule has 0 radical (unpaired) electrons. The van der Waals surface area contributed by atoms with E-state index in [2.05, 4.69) is 55.0 Å². The first-order valence-electron chi connectivity index (χ1n) is 18.6. The predicted molar refractivity (Wildman–Crippen MR) is 179 cm³/mol. The van der Waals surface area contributed by atoms with Gasteiger partial charge in [0.1, 0.15) is 12.7 Å². The van der Waals surface area contributed by atoms with Crippen molar-refractivity contribution in [1.82, 2.24) is 0 Å².